The molecule has 0 N–H and O–H groups in total. The number of unbranched alkanes of at least 4 members (excludes halogenated alkanes) is 1. The molecule has 7 heteroatoms. The van der Waals surface area contributed by atoms with Gasteiger partial charge in [0.1, 0.15) is 6.54 Å². The van der Waals surface area contributed by atoms with Crippen LogP contribution in [0.4, 0.5) is 0 Å². The maximum absolute atomic E-state index is 13.8. The minimum Gasteiger partial charge on any atom is -0.385 e. The lowest BCUT2D eigenvalue weighted by molar-refractivity contribution is -0.133. The first-order chi connectivity index (χ1) is 19.3. The molecule has 2 amide bonds. The number of nitrogens with zero attached hydrogens (tertiary/aromatic N) is 3. The van der Waals surface area contributed by atoms with Crippen molar-refractivity contribution in [2.45, 2.75) is 59.5 Å². The van der Waals surface area contributed by atoms with Gasteiger partial charge in [-0.2, -0.15) is 0 Å². The lowest BCUT2D eigenvalue weighted by Gasteiger charge is -2.29. The molecular weight excluding hydrogens is 522 g/mol. The van der Waals surface area contributed by atoms with E-state index < -0.39 is 0 Å². The molecule has 0 unspecified atom stereocenters. The third kappa shape index (κ3) is 9.53. The zero-order chi connectivity index (χ0) is 28.9. The first kappa shape index (κ1) is 31.4. The Bertz CT molecular complexity index is 1210. The number of aryl methyl sites for hydroxylation is 1. The lowest BCUT2D eigenvalue weighted by atomic mass is 10.1. The molecule has 216 valence electrons. The van der Waals surface area contributed by atoms with E-state index in [1.165, 1.54) is 5.56 Å². The van der Waals surface area contributed by atoms with Crippen LogP contribution in [0.15, 0.2) is 66.9 Å². The Labute approximate surface area is 244 Å². The van der Waals surface area contributed by atoms with E-state index in [1.807, 2.05) is 71.8 Å². The molecule has 0 aliphatic heterocycles. The lowest BCUT2D eigenvalue weighted by Crippen LogP contribution is -2.44. The molecule has 0 spiro atoms. The van der Waals surface area contributed by atoms with Gasteiger partial charge in [0.2, 0.25) is 5.91 Å². The first-order valence-electron chi connectivity index (χ1n) is 14.3. The Morgan fingerprint density at radius 2 is 1.73 bits per heavy atom. The quantitative estimate of drug-likeness (QED) is 0.182. The molecule has 0 radical (unpaired) electrons. The topological polar surface area (TPSA) is 54.8 Å². The summed E-state index contributed by atoms with van der Waals surface area (Å²) in [5.41, 5.74) is 3.88. The predicted molar refractivity (Wildman–Crippen MR) is 163 cm³/mol. The Hall–Kier alpha value is -3.09. The number of ether oxygens (including phenoxy) is 1. The number of hydrogen-bond donors (Lipinski definition) is 0. The molecule has 40 heavy (non-hydrogen) atoms. The van der Waals surface area contributed by atoms with Crippen molar-refractivity contribution < 1.29 is 14.3 Å². The molecule has 0 saturated carbocycles. The molecule has 3 aromatic rings. The largest absolute Gasteiger partial charge is 0.385 e. The number of halogens is 1. The third-order valence-electron chi connectivity index (χ3n) is 6.92. The van der Waals surface area contributed by atoms with Gasteiger partial charge >= 0.3 is 0 Å². The van der Waals surface area contributed by atoms with Crippen molar-refractivity contribution in [2.75, 3.05) is 33.4 Å². The number of aromatic nitrogens is 1. The van der Waals surface area contributed by atoms with Crippen LogP contribution in [0.2, 0.25) is 5.02 Å². The number of hydrogen-bond acceptors (Lipinski definition) is 3. The first-order valence-corrected chi connectivity index (χ1v) is 14.7. The summed E-state index contributed by atoms with van der Waals surface area (Å²) >= 11 is 6.41. The molecule has 3 rings (SSSR count). The van der Waals surface area contributed by atoms with Gasteiger partial charge in [-0.05, 0) is 66.6 Å². The highest BCUT2D eigenvalue weighted by atomic mass is 35.5. The number of benzene rings is 2. The number of rotatable bonds is 16. The summed E-state index contributed by atoms with van der Waals surface area (Å²) in [6.45, 7) is 9.07. The van der Waals surface area contributed by atoms with Crippen LogP contribution >= 0.6 is 11.6 Å². The standard InChI is InChI=1S/C33H44ClN3O3/c1-5-6-11-27-15-17-28(18-16-27)33(39)36(20-10-21-40-4)25-32(38)37(22-26(2)3)24-30-13-9-19-35(30)23-29-12-7-8-14-31(29)34/h7-9,12-19,26H,5-6,10-11,20-25H2,1-4H3. The molecule has 1 aromatic heterocycles. The smallest absolute Gasteiger partial charge is 0.254 e. The van der Waals surface area contributed by atoms with E-state index >= 15 is 0 Å². The summed E-state index contributed by atoms with van der Waals surface area (Å²) in [5, 5.41) is 0.723. The van der Waals surface area contributed by atoms with Crippen LogP contribution < -0.4 is 0 Å². The van der Waals surface area contributed by atoms with E-state index in [0.717, 1.165) is 35.5 Å². The molecule has 1 heterocycles. The SMILES string of the molecule is CCCCc1ccc(C(=O)N(CCCOC)CC(=O)N(Cc2cccn2Cc2ccccc2Cl)CC(C)C)cc1. The van der Waals surface area contributed by atoms with E-state index in [0.29, 0.717) is 44.8 Å². The summed E-state index contributed by atoms with van der Waals surface area (Å²) in [7, 11) is 1.65. The van der Waals surface area contributed by atoms with Gasteiger partial charge in [-0.15, -0.1) is 0 Å². The second-order valence-electron chi connectivity index (χ2n) is 10.8. The van der Waals surface area contributed by atoms with E-state index in [9.17, 15) is 9.59 Å². The Morgan fingerprint density at radius 3 is 2.40 bits per heavy atom. The van der Waals surface area contributed by atoms with Crippen molar-refractivity contribution in [1.82, 2.24) is 14.4 Å². The van der Waals surface area contributed by atoms with Crippen molar-refractivity contribution in [1.29, 1.82) is 0 Å². The van der Waals surface area contributed by atoms with Gasteiger partial charge in [-0.1, -0.05) is 69.1 Å². The van der Waals surface area contributed by atoms with Crippen LogP contribution in [0.3, 0.4) is 0 Å². The summed E-state index contributed by atoms with van der Waals surface area (Å²) in [6.07, 6.45) is 5.94. The molecule has 0 atom stereocenters. The van der Waals surface area contributed by atoms with Crippen LogP contribution in [0, 0.1) is 5.92 Å². The van der Waals surface area contributed by atoms with E-state index in [2.05, 4.69) is 25.3 Å². The fourth-order valence-electron chi connectivity index (χ4n) is 4.74. The van der Waals surface area contributed by atoms with Crippen molar-refractivity contribution in [3.05, 3.63) is 94.3 Å². The monoisotopic (exact) mass is 565 g/mol. The Kier molecular flexibility index (Phi) is 12.8. The third-order valence-corrected chi connectivity index (χ3v) is 7.29. The Morgan fingerprint density at radius 1 is 0.975 bits per heavy atom. The summed E-state index contributed by atoms with van der Waals surface area (Å²) in [5.74, 6) is 0.0897. The van der Waals surface area contributed by atoms with Gasteiger partial charge < -0.3 is 19.1 Å². The highest BCUT2D eigenvalue weighted by Crippen LogP contribution is 2.19. The second-order valence-corrected chi connectivity index (χ2v) is 11.2. The molecule has 0 aliphatic rings. The normalized spacial score (nSPS) is 11.2. The molecule has 0 bridgehead atoms. The molecule has 0 saturated heterocycles. The average Bonchev–Trinajstić information content (AvgIpc) is 3.38. The van der Waals surface area contributed by atoms with Crippen LogP contribution in [-0.4, -0.2) is 59.5 Å². The van der Waals surface area contributed by atoms with E-state index in [1.54, 1.807) is 12.0 Å². The molecule has 6 nitrogen and oxygen atoms in total. The van der Waals surface area contributed by atoms with Crippen LogP contribution in [0.25, 0.3) is 0 Å². The summed E-state index contributed by atoms with van der Waals surface area (Å²) < 4.78 is 7.36. The maximum atomic E-state index is 13.8. The van der Waals surface area contributed by atoms with Crippen LogP contribution in [0.5, 0.6) is 0 Å². The fourth-order valence-corrected chi connectivity index (χ4v) is 4.94. The molecule has 0 aliphatic carbocycles. The predicted octanol–water partition coefficient (Wildman–Crippen LogP) is 6.70. The van der Waals surface area contributed by atoms with Crippen molar-refractivity contribution in [2.24, 2.45) is 5.92 Å². The molecular formula is C33H44ClN3O3. The molecule has 2 aromatic carbocycles. The summed E-state index contributed by atoms with van der Waals surface area (Å²) in [4.78, 5) is 30.8. The van der Waals surface area contributed by atoms with Crippen LogP contribution in [-0.2, 0) is 29.0 Å². The fraction of sp³-hybridized carbons (Fsp3) is 0.455. The number of amides is 2. The van der Waals surface area contributed by atoms with Gasteiger partial charge in [0, 0.05) is 55.8 Å². The van der Waals surface area contributed by atoms with Crippen molar-refractivity contribution in [3.8, 4) is 0 Å². The maximum Gasteiger partial charge on any atom is 0.254 e. The van der Waals surface area contributed by atoms with E-state index in [4.69, 9.17) is 16.3 Å². The average molecular weight is 566 g/mol. The van der Waals surface area contributed by atoms with Gasteiger partial charge in [-0.25, -0.2) is 0 Å². The zero-order valence-electron chi connectivity index (χ0n) is 24.4. The minimum atomic E-state index is -0.127. The number of carbonyl (C=O) groups is 2. The van der Waals surface area contributed by atoms with E-state index in [-0.39, 0.29) is 24.3 Å². The second kappa shape index (κ2) is 16.2. The van der Waals surface area contributed by atoms with Gasteiger partial charge in [-0.3, -0.25) is 9.59 Å². The number of carbonyl (C=O) groups excluding carboxylic acids is 2. The van der Waals surface area contributed by atoms with Crippen molar-refractivity contribution in [3.63, 3.8) is 0 Å². The van der Waals surface area contributed by atoms with Gasteiger partial charge in [0.25, 0.3) is 5.91 Å². The van der Waals surface area contributed by atoms with Crippen molar-refractivity contribution >= 4 is 23.4 Å². The van der Waals surface area contributed by atoms with Gasteiger partial charge in [0.15, 0.2) is 0 Å². The molecule has 0 fully saturated rings. The Balaban J connectivity index is 1.76. The number of methoxy groups -OCH3 is 1. The summed E-state index contributed by atoms with van der Waals surface area (Å²) in [6, 6.07) is 19.7. The highest BCUT2D eigenvalue weighted by Gasteiger charge is 2.24. The van der Waals surface area contributed by atoms with Crippen LogP contribution in [0.1, 0.15) is 67.2 Å². The van der Waals surface area contributed by atoms with Gasteiger partial charge in [0.05, 0.1) is 6.54 Å². The highest BCUT2D eigenvalue weighted by molar-refractivity contribution is 6.31. The minimum absolute atomic E-state index is 0.0259. The zero-order valence-corrected chi connectivity index (χ0v) is 25.2.